The summed E-state index contributed by atoms with van der Waals surface area (Å²) >= 11 is 6.28. The van der Waals surface area contributed by atoms with E-state index in [1.807, 2.05) is 18.2 Å². The maximum absolute atomic E-state index is 13.6. The molecule has 2 aliphatic rings. The topological polar surface area (TPSA) is 134 Å². The summed E-state index contributed by atoms with van der Waals surface area (Å²) < 4.78 is 45.6. The number of imide groups is 1. The molecule has 51 heavy (non-hydrogen) atoms. The second kappa shape index (κ2) is 14.6. The highest BCUT2D eigenvalue weighted by molar-refractivity contribution is 6.31. The average molecular weight is 724 g/mol. The van der Waals surface area contributed by atoms with Crippen molar-refractivity contribution >= 4 is 46.5 Å². The molecule has 1 unspecified atom stereocenters. The number of ether oxygens (including phenoxy) is 1. The van der Waals surface area contributed by atoms with Gasteiger partial charge in [0.05, 0.1) is 10.4 Å². The van der Waals surface area contributed by atoms with Gasteiger partial charge in [0.25, 0.3) is 11.8 Å². The Bertz CT molecular complexity index is 1980. The van der Waals surface area contributed by atoms with Gasteiger partial charge in [0.15, 0.2) is 0 Å². The number of carbonyl (C=O) groups excluding carboxylic acids is 4. The van der Waals surface area contributed by atoms with Crippen LogP contribution < -0.4 is 0 Å². The molecule has 0 saturated carbocycles. The molecule has 0 N–H and O–H groups in total. The van der Waals surface area contributed by atoms with Gasteiger partial charge in [-0.1, -0.05) is 29.8 Å². The molecule has 1 aliphatic carbocycles. The van der Waals surface area contributed by atoms with Crippen LogP contribution >= 0.6 is 11.6 Å². The maximum Gasteiger partial charge on any atom is 0.433 e. The summed E-state index contributed by atoms with van der Waals surface area (Å²) in [5.41, 5.74) is 1.40. The van der Waals surface area contributed by atoms with E-state index in [9.17, 15) is 32.3 Å². The maximum atomic E-state index is 13.6. The number of allylic oxidation sites excluding steroid dienone is 1. The normalized spacial score (nSPS) is 20.3. The van der Waals surface area contributed by atoms with E-state index in [-0.39, 0.29) is 25.7 Å². The Kier molecular flexibility index (Phi) is 10.2. The molecule has 0 aromatic carbocycles. The number of hydrogen-bond donors (Lipinski definition) is 0. The number of nitrogens with zero attached hydrogens (tertiary/aromatic N) is 5. The van der Waals surface area contributed by atoms with Crippen molar-refractivity contribution in [3.63, 3.8) is 0 Å². The van der Waals surface area contributed by atoms with E-state index >= 15 is 0 Å². The number of rotatable bonds is 8. The molecule has 6 rings (SSSR count). The van der Waals surface area contributed by atoms with Gasteiger partial charge < -0.3 is 9.57 Å². The quantitative estimate of drug-likeness (QED) is 0.140. The number of pyridine rings is 3. The zero-order valence-corrected chi connectivity index (χ0v) is 28.2. The molecule has 1 saturated heterocycles. The molecule has 2 amide bonds. The molecule has 1 fully saturated rings. The first-order chi connectivity index (χ1) is 24.3. The predicted octanol–water partition coefficient (Wildman–Crippen LogP) is 6.97. The lowest BCUT2D eigenvalue weighted by molar-refractivity contribution is -0.205. The number of amides is 2. The number of alkyl halides is 3. The van der Waals surface area contributed by atoms with Crippen molar-refractivity contribution in [3.05, 3.63) is 100 Å². The Morgan fingerprint density at radius 2 is 1.73 bits per heavy atom. The van der Waals surface area contributed by atoms with E-state index in [2.05, 4.69) is 15.0 Å². The van der Waals surface area contributed by atoms with Crippen molar-refractivity contribution < 1.29 is 41.9 Å². The van der Waals surface area contributed by atoms with Crippen LogP contribution in [0.3, 0.4) is 0 Å². The molecule has 0 radical (unpaired) electrons. The predicted molar refractivity (Wildman–Crippen MR) is 177 cm³/mol. The standard InChI is InChI=1S/C36H33ClF3N5O6/c1-35(33(48)51-45-30(46)11-12-31(45)47)14-3-2-4-27(13-15-35)50-34(49)44-21-24(28-17-25(37)20-43-32(28)44)16-23-6-9-26(41-19-23)8-5-22-7-10-29(42-18-22)36(38,39)40/h2,4,6-7,9-10,17-21,27H,3,5,8,11-16H2,1H3/b4-2+/t27?,35-/m1/s1. The molecular weight excluding hydrogens is 691 g/mol. The summed E-state index contributed by atoms with van der Waals surface area (Å²) in [6, 6.07) is 7.83. The lowest BCUT2D eigenvalue weighted by Crippen LogP contribution is -2.40. The monoisotopic (exact) mass is 723 g/mol. The van der Waals surface area contributed by atoms with Crippen LogP contribution in [-0.4, -0.2) is 54.6 Å². The van der Waals surface area contributed by atoms with Crippen molar-refractivity contribution in [2.24, 2.45) is 5.41 Å². The Labute approximate surface area is 295 Å². The summed E-state index contributed by atoms with van der Waals surface area (Å²) in [7, 11) is 0. The first-order valence-corrected chi connectivity index (χ1v) is 16.7. The number of fused-ring (bicyclic) bond motifs is 1. The summed E-state index contributed by atoms with van der Waals surface area (Å²) in [5.74, 6) is -1.79. The third-order valence-electron chi connectivity index (χ3n) is 9.07. The second-order valence-corrected chi connectivity index (χ2v) is 13.3. The van der Waals surface area contributed by atoms with Gasteiger partial charge in [-0.3, -0.25) is 19.6 Å². The van der Waals surface area contributed by atoms with Crippen molar-refractivity contribution in [3.8, 4) is 0 Å². The van der Waals surface area contributed by atoms with E-state index in [0.717, 1.165) is 22.9 Å². The molecule has 266 valence electrons. The SMILES string of the molecule is C[C@@]1(C(=O)ON2C(=O)CCC2=O)CC/C=C/C(OC(=O)n2cc(Cc3ccc(CCc4ccc(C(F)(F)F)nc4)nc3)c3cc(Cl)cnc32)CC1. The van der Waals surface area contributed by atoms with Crippen LogP contribution in [0.1, 0.15) is 73.5 Å². The number of carbonyl (C=O) groups is 4. The second-order valence-electron chi connectivity index (χ2n) is 12.9. The van der Waals surface area contributed by atoms with Crippen LogP contribution in [0.5, 0.6) is 0 Å². The molecule has 5 heterocycles. The number of aryl methyl sites for hydroxylation is 2. The van der Waals surface area contributed by atoms with Crippen molar-refractivity contribution in [1.29, 1.82) is 0 Å². The van der Waals surface area contributed by atoms with Crippen molar-refractivity contribution in [2.45, 2.75) is 77.0 Å². The minimum absolute atomic E-state index is 0.000993. The Morgan fingerprint density at radius 1 is 0.980 bits per heavy atom. The number of aromatic nitrogens is 4. The van der Waals surface area contributed by atoms with Crippen LogP contribution in [0.4, 0.5) is 18.0 Å². The summed E-state index contributed by atoms with van der Waals surface area (Å²) in [6.45, 7) is 1.70. The highest BCUT2D eigenvalue weighted by Crippen LogP contribution is 2.35. The third-order valence-corrected chi connectivity index (χ3v) is 9.28. The van der Waals surface area contributed by atoms with E-state index in [0.29, 0.717) is 58.8 Å². The Hall–Kier alpha value is -5.11. The zero-order valence-electron chi connectivity index (χ0n) is 27.5. The van der Waals surface area contributed by atoms with E-state index in [1.165, 1.54) is 23.0 Å². The summed E-state index contributed by atoms with van der Waals surface area (Å²) in [6.07, 6.45) is 6.58. The van der Waals surface area contributed by atoms with Crippen molar-refractivity contribution in [2.75, 3.05) is 0 Å². The molecule has 1 aliphatic heterocycles. The summed E-state index contributed by atoms with van der Waals surface area (Å²) in [5, 5.41) is 1.57. The lowest BCUT2D eigenvalue weighted by Gasteiger charge is -2.30. The molecule has 2 atom stereocenters. The van der Waals surface area contributed by atoms with E-state index in [1.54, 1.807) is 31.5 Å². The fraction of sp³-hybridized carbons (Fsp3) is 0.361. The Balaban J connectivity index is 1.11. The van der Waals surface area contributed by atoms with Gasteiger partial charge in [-0.15, -0.1) is 5.06 Å². The molecule has 4 aromatic heterocycles. The van der Waals surface area contributed by atoms with Crippen LogP contribution in [0.25, 0.3) is 11.0 Å². The van der Waals surface area contributed by atoms with Gasteiger partial charge in [0.2, 0.25) is 0 Å². The van der Waals surface area contributed by atoms with Crippen molar-refractivity contribution in [1.82, 2.24) is 24.6 Å². The van der Waals surface area contributed by atoms with E-state index in [4.69, 9.17) is 21.2 Å². The number of hydroxylamine groups is 2. The first kappa shape index (κ1) is 35.7. The smallest absolute Gasteiger partial charge is 0.433 e. The minimum Gasteiger partial charge on any atom is -0.441 e. The summed E-state index contributed by atoms with van der Waals surface area (Å²) in [4.78, 5) is 68.3. The highest BCUT2D eigenvalue weighted by Gasteiger charge is 2.41. The molecule has 11 nitrogen and oxygen atoms in total. The molecule has 15 heteroatoms. The number of hydrogen-bond acceptors (Lipinski definition) is 9. The molecular formula is C36H33ClF3N5O6. The van der Waals surface area contributed by atoms with Gasteiger partial charge >= 0.3 is 18.2 Å². The average Bonchev–Trinajstić information content (AvgIpc) is 3.61. The van der Waals surface area contributed by atoms with Crippen LogP contribution in [0.2, 0.25) is 5.02 Å². The van der Waals surface area contributed by atoms with E-state index < -0.39 is 47.3 Å². The minimum atomic E-state index is -4.49. The number of halogens is 4. The first-order valence-electron chi connectivity index (χ1n) is 16.4. The van der Waals surface area contributed by atoms with Gasteiger partial charge in [0.1, 0.15) is 17.4 Å². The lowest BCUT2D eigenvalue weighted by atomic mass is 9.79. The van der Waals surface area contributed by atoms with Gasteiger partial charge in [0, 0.05) is 55.1 Å². The van der Waals surface area contributed by atoms with Crippen LogP contribution in [0, 0.1) is 5.41 Å². The zero-order chi connectivity index (χ0) is 36.3. The van der Waals surface area contributed by atoms with Crippen LogP contribution in [-0.2, 0) is 49.4 Å². The van der Waals surface area contributed by atoms with Gasteiger partial charge in [-0.25, -0.2) is 19.1 Å². The molecule has 4 aromatic rings. The fourth-order valence-corrected chi connectivity index (χ4v) is 6.20. The molecule has 0 bridgehead atoms. The Morgan fingerprint density at radius 3 is 2.41 bits per heavy atom. The fourth-order valence-electron chi connectivity index (χ4n) is 6.04. The van der Waals surface area contributed by atoms with Crippen LogP contribution in [0.15, 0.2) is 67.3 Å². The highest BCUT2D eigenvalue weighted by atomic mass is 35.5. The largest absolute Gasteiger partial charge is 0.441 e. The van der Waals surface area contributed by atoms with Gasteiger partial charge in [-0.05, 0) is 86.4 Å². The molecule has 0 spiro atoms. The van der Waals surface area contributed by atoms with Gasteiger partial charge in [-0.2, -0.15) is 13.2 Å². The third kappa shape index (κ3) is 8.28.